The van der Waals surface area contributed by atoms with Crippen LogP contribution in [0.5, 0.6) is 5.75 Å². The Hall–Kier alpha value is -3.18. The van der Waals surface area contributed by atoms with Gasteiger partial charge < -0.3 is 15.2 Å². The molecule has 28 heavy (non-hydrogen) atoms. The van der Waals surface area contributed by atoms with Gasteiger partial charge in [0.15, 0.2) is 0 Å². The first-order valence-corrected chi connectivity index (χ1v) is 9.12. The first-order chi connectivity index (χ1) is 13.6. The molecule has 0 saturated carbocycles. The van der Waals surface area contributed by atoms with Gasteiger partial charge in [-0.05, 0) is 47.5 Å². The second kappa shape index (κ2) is 9.67. The van der Waals surface area contributed by atoms with Crippen LogP contribution in [0.1, 0.15) is 18.1 Å². The summed E-state index contributed by atoms with van der Waals surface area (Å²) in [4.78, 5) is 10.7. The van der Waals surface area contributed by atoms with Gasteiger partial charge in [-0.15, -0.1) is 0 Å². The van der Waals surface area contributed by atoms with Crippen molar-refractivity contribution in [3.63, 3.8) is 0 Å². The third-order valence-corrected chi connectivity index (χ3v) is 4.34. The van der Waals surface area contributed by atoms with Crippen molar-refractivity contribution >= 4 is 5.97 Å². The van der Waals surface area contributed by atoms with Gasteiger partial charge in [-0.25, -0.2) is 4.39 Å². The minimum atomic E-state index is -0.907. The SMILES string of the molecule is O=C(O)CNCC[C@@H](Oc1ccc(-c2ccccc2)cc1)c1ccc(F)cc1. The zero-order valence-electron chi connectivity index (χ0n) is 15.3. The number of carboxylic acid groups (broad SMARTS) is 1. The van der Waals surface area contributed by atoms with Crippen LogP contribution >= 0.6 is 0 Å². The van der Waals surface area contributed by atoms with E-state index < -0.39 is 5.97 Å². The maximum absolute atomic E-state index is 13.3. The van der Waals surface area contributed by atoms with Crippen LogP contribution in [0.4, 0.5) is 4.39 Å². The van der Waals surface area contributed by atoms with Crippen molar-refractivity contribution in [3.8, 4) is 16.9 Å². The lowest BCUT2D eigenvalue weighted by molar-refractivity contribution is -0.135. The molecule has 0 radical (unpaired) electrons. The second-order valence-electron chi connectivity index (χ2n) is 6.41. The maximum Gasteiger partial charge on any atom is 0.317 e. The van der Waals surface area contributed by atoms with Crippen LogP contribution in [-0.2, 0) is 4.79 Å². The predicted molar refractivity (Wildman–Crippen MR) is 107 cm³/mol. The Labute approximate surface area is 163 Å². The Balaban J connectivity index is 1.70. The van der Waals surface area contributed by atoms with Crippen molar-refractivity contribution in [2.45, 2.75) is 12.5 Å². The molecule has 0 amide bonds. The molecule has 0 aromatic heterocycles. The van der Waals surface area contributed by atoms with Gasteiger partial charge in [0.1, 0.15) is 17.7 Å². The van der Waals surface area contributed by atoms with Gasteiger partial charge in [0.05, 0.1) is 6.54 Å². The van der Waals surface area contributed by atoms with Crippen molar-refractivity contribution in [1.29, 1.82) is 0 Å². The monoisotopic (exact) mass is 379 g/mol. The molecule has 0 bridgehead atoms. The van der Waals surface area contributed by atoms with Crippen LogP contribution in [0, 0.1) is 5.82 Å². The largest absolute Gasteiger partial charge is 0.486 e. The molecule has 0 aliphatic carbocycles. The molecule has 0 unspecified atom stereocenters. The van der Waals surface area contributed by atoms with Gasteiger partial charge in [-0.3, -0.25) is 4.79 Å². The number of halogens is 1. The second-order valence-corrected chi connectivity index (χ2v) is 6.41. The summed E-state index contributed by atoms with van der Waals surface area (Å²) < 4.78 is 19.4. The number of nitrogens with one attached hydrogen (secondary N) is 1. The Morgan fingerprint density at radius 1 is 0.929 bits per heavy atom. The van der Waals surface area contributed by atoms with E-state index in [1.807, 2.05) is 54.6 Å². The van der Waals surface area contributed by atoms with Crippen LogP contribution in [0.3, 0.4) is 0 Å². The van der Waals surface area contributed by atoms with Crippen LogP contribution in [0.15, 0.2) is 78.9 Å². The van der Waals surface area contributed by atoms with E-state index >= 15 is 0 Å². The van der Waals surface area contributed by atoms with Crippen molar-refractivity contribution in [2.75, 3.05) is 13.1 Å². The van der Waals surface area contributed by atoms with E-state index in [-0.39, 0.29) is 18.5 Å². The number of ether oxygens (including phenoxy) is 1. The third kappa shape index (κ3) is 5.66. The minimum absolute atomic E-state index is 0.109. The Morgan fingerprint density at radius 2 is 1.57 bits per heavy atom. The molecule has 0 aliphatic heterocycles. The molecule has 4 nitrogen and oxygen atoms in total. The highest BCUT2D eigenvalue weighted by molar-refractivity contribution is 5.69. The standard InChI is InChI=1S/C23H22FNO3/c24-20-10-6-19(7-11-20)22(14-15-25-16-23(26)27)28-21-12-8-18(9-13-21)17-4-2-1-3-5-17/h1-13,22,25H,14-16H2,(H,26,27)/t22-/m1/s1. The lowest BCUT2D eigenvalue weighted by atomic mass is 10.0. The maximum atomic E-state index is 13.3. The summed E-state index contributed by atoms with van der Waals surface area (Å²) in [5, 5.41) is 11.6. The van der Waals surface area contributed by atoms with Gasteiger partial charge in [0.25, 0.3) is 0 Å². The molecule has 2 N–H and O–H groups in total. The zero-order valence-corrected chi connectivity index (χ0v) is 15.3. The first-order valence-electron chi connectivity index (χ1n) is 9.12. The summed E-state index contributed by atoms with van der Waals surface area (Å²) in [6.45, 7) is 0.359. The summed E-state index contributed by atoms with van der Waals surface area (Å²) >= 11 is 0. The van der Waals surface area contributed by atoms with Gasteiger partial charge in [0.2, 0.25) is 0 Å². The molecule has 3 aromatic rings. The molecule has 1 atom stereocenters. The molecule has 3 rings (SSSR count). The molecule has 0 saturated heterocycles. The highest BCUT2D eigenvalue weighted by Crippen LogP contribution is 2.27. The fourth-order valence-corrected chi connectivity index (χ4v) is 2.92. The van der Waals surface area contributed by atoms with E-state index in [1.165, 1.54) is 12.1 Å². The fourth-order valence-electron chi connectivity index (χ4n) is 2.92. The highest BCUT2D eigenvalue weighted by atomic mass is 19.1. The summed E-state index contributed by atoms with van der Waals surface area (Å²) in [6.07, 6.45) is 0.240. The number of hydrogen-bond acceptors (Lipinski definition) is 3. The third-order valence-electron chi connectivity index (χ3n) is 4.34. The lowest BCUT2D eigenvalue weighted by Gasteiger charge is -2.20. The quantitative estimate of drug-likeness (QED) is 0.530. The number of carboxylic acids is 1. The van der Waals surface area contributed by atoms with E-state index in [0.717, 1.165) is 16.7 Å². The number of hydrogen-bond donors (Lipinski definition) is 2. The van der Waals surface area contributed by atoms with Crippen molar-refractivity contribution in [3.05, 3.63) is 90.2 Å². The number of carbonyl (C=O) groups is 1. The average Bonchev–Trinajstić information content (AvgIpc) is 2.72. The zero-order chi connectivity index (χ0) is 19.8. The summed E-state index contributed by atoms with van der Waals surface area (Å²) in [6, 6.07) is 24.0. The van der Waals surface area contributed by atoms with Crippen LogP contribution in [-0.4, -0.2) is 24.2 Å². The Kier molecular flexibility index (Phi) is 6.76. The number of rotatable bonds is 9. The van der Waals surface area contributed by atoms with Crippen LogP contribution in [0.25, 0.3) is 11.1 Å². The molecule has 5 heteroatoms. The summed E-state index contributed by atoms with van der Waals surface area (Å²) in [7, 11) is 0. The first kappa shape index (κ1) is 19.6. The normalized spacial score (nSPS) is 11.8. The molecule has 0 heterocycles. The van der Waals surface area contributed by atoms with Gasteiger partial charge in [-0.2, -0.15) is 0 Å². The lowest BCUT2D eigenvalue weighted by Crippen LogP contribution is -2.25. The van der Waals surface area contributed by atoms with Gasteiger partial charge in [-0.1, -0.05) is 54.6 Å². The predicted octanol–water partition coefficient (Wildman–Crippen LogP) is 4.68. The van der Waals surface area contributed by atoms with Gasteiger partial charge >= 0.3 is 5.97 Å². The number of aliphatic carboxylic acids is 1. The topological polar surface area (TPSA) is 58.6 Å². The molecule has 0 spiro atoms. The van der Waals surface area contributed by atoms with E-state index in [0.29, 0.717) is 18.7 Å². The molecular weight excluding hydrogens is 357 g/mol. The van der Waals surface area contributed by atoms with E-state index in [4.69, 9.17) is 9.84 Å². The van der Waals surface area contributed by atoms with E-state index in [9.17, 15) is 9.18 Å². The van der Waals surface area contributed by atoms with Crippen molar-refractivity contribution in [2.24, 2.45) is 0 Å². The molecule has 0 fully saturated rings. The summed E-state index contributed by atoms with van der Waals surface area (Å²) in [5.74, 6) is -0.512. The van der Waals surface area contributed by atoms with Crippen LogP contribution in [0.2, 0.25) is 0 Å². The van der Waals surface area contributed by atoms with Gasteiger partial charge in [0, 0.05) is 6.42 Å². The highest BCUT2D eigenvalue weighted by Gasteiger charge is 2.14. The molecular formula is C23H22FNO3. The van der Waals surface area contributed by atoms with Crippen molar-refractivity contribution in [1.82, 2.24) is 5.32 Å². The fraction of sp³-hybridized carbons (Fsp3) is 0.174. The Bertz CT molecular complexity index is 880. The van der Waals surface area contributed by atoms with Crippen LogP contribution < -0.4 is 10.1 Å². The molecule has 0 aliphatic rings. The molecule has 3 aromatic carbocycles. The minimum Gasteiger partial charge on any atom is -0.486 e. The smallest absolute Gasteiger partial charge is 0.317 e. The average molecular weight is 379 g/mol. The van der Waals surface area contributed by atoms with Crippen molar-refractivity contribution < 1.29 is 19.0 Å². The Morgan fingerprint density at radius 3 is 2.21 bits per heavy atom. The van der Waals surface area contributed by atoms with E-state index in [1.54, 1.807) is 12.1 Å². The van der Waals surface area contributed by atoms with E-state index in [2.05, 4.69) is 5.32 Å². The molecule has 144 valence electrons. The number of benzene rings is 3. The summed E-state index contributed by atoms with van der Waals surface area (Å²) in [5.41, 5.74) is 3.06.